The summed E-state index contributed by atoms with van der Waals surface area (Å²) < 4.78 is 9.70. The number of nitrogen functional groups attached to an aromatic ring is 1. The zero-order chi connectivity index (χ0) is 15.1. The van der Waals surface area contributed by atoms with Crippen LogP contribution in [0.25, 0.3) is 0 Å². The summed E-state index contributed by atoms with van der Waals surface area (Å²) in [6, 6.07) is 0. The Morgan fingerprint density at radius 1 is 1.45 bits per heavy atom. The molecule has 0 aliphatic carbocycles. The van der Waals surface area contributed by atoms with E-state index in [0.29, 0.717) is 24.5 Å². The number of anilines is 2. The summed E-state index contributed by atoms with van der Waals surface area (Å²) in [5, 5.41) is 3.96. The molecule has 7 heteroatoms. The molecule has 0 bridgehead atoms. The zero-order valence-corrected chi connectivity index (χ0v) is 13.4. The summed E-state index contributed by atoms with van der Waals surface area (Å²) in [5.41, 5.74) is 5.77. The van der Waals surface area contributed by atoms with Crippen LogP contribution in [0, 0.1) is 0 Å². The molecule has 20 heavy (non-hydrogen) atoms. The van der Waals surface area contributed by atoms with Gasteiger partial charge in [-0.2, -0.15) is 4.37 Å². The second-order valence-electron chi connectivity index (χ2n) is 4.64. The average molecular weight is 300 g/mol. The van der Waals surface area contributed by atoms with Crippen LogP contribution in [0.15, 0.2) is 0 Å². The quantitative estimate of drug-likeness (QED) is 0.769. The van der Waals surface area contributed by atoms with Gasteiger partial charge in [0, 0.05) is 26.1 Å². The number of carbonyl (C=O) groups excluding carboxylic acids is 1. The first kappa shape index (κ1) is 16.6. The van der Waals surface area contributed by atoms with Crippen LogP contribution in [0.1, 0.15) is 34.1 Å². The van der Waals surface area contributed by atoms with Gasteiger partial charge in [-0.15, -0.1) is 0 Å². The van der Waals surface area contributed by atoms with E-state index in [1.807, 2.05) is 32.6 Å². The highest BCUT2D eigenvalue weighted by Gasteiger charge is 2.15. The van der Waals surface area contributed by atoms with E-state index in [2.05, 4.69) is 9.69 Å². The fourth-order valence-electron chi connectivity index (χ4n) is 1.77. The standard InChI is InChI=1S/C13H24N4O2S/c1-5-17(6-2)10(18)7-8-15-13-11(19-9(3)4)12(14)16-20-13/h9,15H,5-8H2,1-4H3,(H2,14,16). The summed E-state index contributed by atoms with van der Waals surface area (Å²) >= 11 is 1.25. The molecule has 114 valence electrons. The van der Waals surface area contributed by atoms with Gasteiger partial charge in [0.15, 0.2) is 16.6 Å². The van der Waals surface area contributed by atoms with Crippen molar-refractivity contribution >= 4 is 28.3 Å². The molecule has 0 fully saturated rings. The maximum atomic E-state index is 11.9. The van der Waals surface area contributed by atoms with Gasteiger partial charge in [-0.3, -0.25) is 4.79 Å². The van der Waals surface area contributed by atoms with E-state index in [1.165, 1.54) is 11.5 Å². The molecule has 1 rings (SSSR count). The maximum absolute atomic E-state index is 11.9. The molecule has 0 aliphatic heterocycles. The summed E-state index contributed by atoms with van der Waals surface area (Å²) in [6.07, 6.45) is 0.479. The van der Waals surface area contributed by atoms with Gasteiger partial charge in [-0.1, -0.05) is 0 Å². The number of ether oxygens (including phenoxy) is 1. The Balaban J connectivity index is 2.52. The lowest BCUT2D eigenvalue weighted by Gasteiger charge is -2.18. The molecular weight excluding hydrogens is 276 g/mol. The van der Waals surface area contributed by atoms with Gasteiger partial charge in [0.2, 0.25) is 5.91 Å². The molecule has 0 aromatic carbocycles. The molecule has 1 aromatic heterocycles. The third-order valence-electron chi connectivity index (χ3n) is 2.77. The van der Waals surface area contributed by atoms with E-state index in [0.717, 1.165) is 18.1 Å². The molecule has 1 heterocycles. The first-order chi connectivity index (χ1) is 9.49. The number of hydrogen-bond donors (Lipinski definition) is 2. The number of nitrogens with zero attached hydrogens (tertiary/aromatic N) is 2. The van der Waals surface area contributed by atoms with Crippen molar-refractivity contribution in [1.82, 2.24) is 9.27 Å². The SMILES string of the molecule is CCN(CC)C(=O)CCNc1snc(N)c1OC(C)C. The van der Waals surface area contributed by atoms with Crippen LogP contribution in [0.4, 0.5) is 10.8 Å². The minimum absolute atomic E-state index is 0.0338. The predicted molar refractivity (Wildman–Crippen MR) is 83.3 cm³/mol. The van der Waals surface area contributed by atoms with Gasteiger partial charge < -0.3 is 20.7 Å². The van der Waals surface area contributed by atoms with Crippen molar-refractivity contribution in [3.63, 3.8) is 0 Å². The van der Waals surface area contributed by atoms with Gasteiger partial charge in [0.25, 0.3) is 0 Å². The third-order valence-corrected chi connectivity index (χ3v) is 3.57. The van der Waals surface area contributed by atoms with E-state index in [1.54, 1.807) is 0 Å². The van der Waals surface area contributed by atoms with Gasteiger partial charge >= 0.3 is 0 Å². The Labute approximate surface area is 124 Å². The number of nitrogens with two attached hydrogens (primary N) is 1. The van der Waals surface area contributed by atoms with E-state index in [4.69, 9.17) is 10.5 Å². The molecular formula is C13H24N4O2S. The van der Waals surface area contributed by atoms with E-state index < -0.39 is 0 Å². The monoisotopic (exact) mass is 300 g/mol. The Morgan fingerprint density at radius 2 is 2.10 bits per heavy atom. The van der Waals surface area contributed by atoms with Gasteiger partial charge in [0.05, 0.1) is 6.10 Å². The lowest BCUT2D eigenvalue weighted by Crippen LogP contribution is -2.31. The molecule has 3 N–H and O–H groups in total. The Morgan fingerprint density at radius 3 is 2.65 bits per heavy atom. The van der Waals surface area contributed by atoms with Gasteiger partial charge in [0.1, 0.15) is 0 Å². The van der Waals surface area contributed by atoms with Crippen molar-refractivity contribution in [2.45, 2.75) is 40.2 Å². The molecule has 0 spiro atoms. The lowest BCUT2D eigenvalue weighted by atomic mass is 10.3. The summed E-state index contributed by atoms with van der Waals surface area (Å²) in [7, 11) is 0. The number of nitrogens with one attached hydrogen (secondary N) is 1. The predicted octanol–water partition coefficient (Wildman–Crippen LogP) is 2.18. The van der Waals surface area contributed by atoms with Crippen molar-refractivity contribution in [2.75, 3.05) is 30.7 Å². The van der Waals surface area contributed by atoms with Crippen molar-refractivity contribution in [1.29, 1.82) is 0 Å². The van der Waals surface area contributed by atoms with Crippen LogP contribution in [-0.4, -0.2) is 40.9 Å². The minimum atomic E-state index is 0.0338. The van der Waals surface area contributed by atoms with Crippen LogP contribution >= 0.6 is 11.5 Å². The molecule has 1 aromatic rings. The van der Waals surface area contributed by atoms with E-state index >= 15 is 0 Å². The molecule has 1 amide bonds. The normalized spacial score (nSPS) is 10.7. The lowest BCUT2D eigenvalue weighted by molar-refractivity contribution is -0.130. The van der Waals surface area contributed by atoms with Crippen LogP contribution < -0.4 is 15.8 Å². The first-order valence-corrected chi connectivity index (χ1v) is 7.70. The van der Waals surface area contributed by atoms with Crippen LogP contribution in [0.3, 0.4) is 0 Å². The van der Waals surface area contributed by atoms with Crippen molar-refractivity contribution in [2.24, 2.45) is 0 Å². The van der Waals surface area contributed by atoms with Crippen molar-refractivity contribution in [3.05, 3.63) is 0 Å². The van der Waals surface area contributed by atoms with E-state index in [-0.39, 0.29) is 12.0 Å². The number of rotatable bonds is 8. The Bertz CT molecular complexity index is 430. The maximum Gasteiger partial charge on any atom is 0.224 e. The fourth-order valence-corrected chi connectivity index (χ4v) is 2.45. The highest BCUT2D eigenvalue weighted by Crippen LogP contribution is 2.35. The van der Waals surface area contributed by atoms with Gasteiger partial charge in [-0.25, -0.2) is 0 Å². The molecule has 0 aliphatic rings. The summed E-state index contributed by atoms with van der Waals surface area (Å²) in [5.74, 6) is 1.12. The zero-order valence-electron chi connectivity index (χ0n) is 12.6. The van der Waals surface area contributed by atoms with Gasteiger partial charge in [-0.05, 0) is 39.2 Å². The minimum Gasteiger partial charge on any atom is -0.484 e. The highest BCUT2D eigenvalue weighted by atomic mass is 32.1. The van der Waals surface area contributed by atoms with Crippen molar-refractivity contribution < 1.29 is 9.53 Å². The smallest absolute Gasteiger partial charge is 0.224 e. The fraction of sp³-hybridized carbons (Fsp3) is 0.692. The number of aromatic nitrogens is 1. The molecule has 0 atom stereocenters. The number of carbonyl (C=O) groups is 1. The molecule has 0 radical (unpaired) electrons. The molecule has 0 unspecified atom stereocenters. The highest BCUT2D eigenvalue weighted by molar-refractivity contribution is 7.11. The second kappa shape index (κ2) is 7.94. The number of hydrogen-bond acceptors (Lipinski definition) is 6. The summed E-state index contributed by atoms with van der Waals surface area (Å²) in [4.78, 5) is 13.7. The third kappa shape index (κ3) is 4.56. The largest absolute Gasteiger partial charge is 0.484 e. The van der Waals surface area contributed by atoms with Crippen LogP contribution in [-0.2, 0) is 4.79 Å². The topological polar surface area (TPSA) is 80.5 Å². The Kier molecular flexibility index (Phi) is 6.57. The number of amides is 1. The summed E-state index contributed by atoms with van der Waals surface area (Å²) in [6.45, 7) is 9.86. The average Bonchev–Trinajstić information content (AvgIpc) is 2.72. The van der Waals surface area contributed by atoms with Crippen molar-refractivity contribution in [3.8, 4) is 5.75 Å². The second-order valence-corrected chi connectivity index (χ2v) is 5.41. The van der Waals surface area contributed by atoms with Crippen LogP contribution in [0.2, 0.25) is 0 Å². The molecule has 6 nitrogen and oxygen atoms in total. The first-order valence-electron chi connectivity index (χ1n) is 6.93. The van der Waals surface area contributed by atoms with E-state index in [9.17, 15) is 4.79 Å². The van der Waals surface area contributed by atoms with Crippen LogP contribution in [0.5, 0.6) is 5.75 Å². The molecule has 0 saturated carbocycles. The Hall–Kier alpha value is -1.50. The molecule has 0 saturated heterocycles.